The molecule has 2 N–H and O–H groups in total. The Bertz CT molecular complexity index is 281. The van der Waals surface area contributed by atoms with Crippen molar-refractivity contribution in [2.45, 2.75) is 38.0 Å². The van der Waals surface area contributed by atoms with Crippen LogP contribution in [-0.2, 0) is 0 Å². The molecular formula is C9H14N4. The van der Waals surface area contributed by atoms with E-state index in [0.717, 1.165) is 5.82 Å². The molecule has 0 bridgehead atoms. The van der Waals surface area contributed by atoms with Crippen LogP contribution in [-0.4, -0.2) is 15.2 Å². The van der Waals surface area contributed by atoms with Crippen molar-refractivity contribution in [2.75, 3.05) is 5.73 Å². The molecule has 0 atom stereocenters. The predicted octanol–water partition coefficient (Wildman–Crippen LogP) is 1.50. The zero-order chi connectivity index (χ0) is 9.10. The van der Waals surface area contributed by atoms with Crippen LogP contribution in [0.1, 0.15) is 43.8 Å². The van der Waals surface area contributed by atoms with Crippen LogP contribution in [0.3, 0.4) is 0 Å². The fourth-order valence-electron chi connectivity index (χ4n) is 1.86. The minimum absolute atomic E-state index is 0.482. The molecule has 1 aromatic heterocycles. The molecule has 1 fully saturated rings. The summed E-state index contributed by atoms with van der Waals surface area (Å²) in [5, 5.41) is 7.84. The van der Waals surface area contributed by atoms with Gasteiger partial charge in [-0.05, 0) is 12.8 Å². The highest BCUT2D eigenvalue weighted by atomic mass is 15.2. The number of nitrogen functional groups attached to an aromatic ring is 1. The number of anilines is 1. The first-order valence-electron chi connectivity index (χ1n) is 4.81. The number of hydrogen-bond donors (Lipinski definition) is 1. The van der Waals surface area contributed by atoms with Crippen molar-refractivity contribution in [3.05, 3.63) is 12.0 Å². The predicted molar refractivity (Wildman–Crippen MR) is 50.1 cm³/mol. The highest BCUT2D eigenvalue weighted by Gasteiger charge is 2.18. The second-order valence-corrected chi connectivity index (χ2v) is 3.57. The Morgan fingerprint density at radius 2 is 2.00 bits per heavy atom. The Morgan fingerprint density at radius 3 is 2.69 bits per heavy atom. The zero-order valence-electron chi connectivity index (χ0n) is 7.61. The van der Waals surface area contributed by atoms with Gasteiger partial charge in [0.05, 0.1) is 6.20 Å². The van der Waals surface area contributed by atoms with E-state index in [1.54, 1.807) is 0 Å². The van der Waals surface area contributed by atoms with E-state index in [0.29, 0.717) is 11.7 Å². The Hall–Kier alpha value is -1.19. The Morgan fingerprint density at radius 1 is 1.23 bits per heavy atom. The van der Waals surface area contributed by atoms with Crippen molar-refractivity contribution in [1.29, 1.82) is 0 Å². The third-order valence-electron chi connectivity index (χ3n) is 2.56. The molecule has 0 unspecified atom stereocenters. The van der Waals surface area contributed by atoms with E-state index in [2.05, 4.69) is 15.2 Å². The lowest BCUT2D eigenvalue weighted by atomic mass is 9.89. The van der Waals surface area contributed by atoms with E-state index >= 15 is 0 Å². The number of rotatable bonds is 1. The van der Waals surface area contributed by atoms with E-state index in [1.165, 1.54) is 38.3 Å². The van der Waals surface area contributed by atoms with Crippen LogP contribution in [0.5, 0.6) is 0 Å². The summed E-state index contributed by atoms with van der Waals surface area (Å²) in [5.41, 5.74) is 5.55. The Balaban J connectivity index is 2.14. The minimum atomic E-state index is 0.482. The van der Waals surface area contributed by atoms with Crippen LogP contribution < -0.4 is 5.73 Å². The van der Waals surface area contributed by atoms with Gasteiger partial charge in [-0.2, -0.15) is 5.10 Å². The molecule has 1 aromatic rings. The van der Waals surface area contributed by atoms with Crippen LogP contribution in [0.2, 0.25) is 0 Å². The van der Waals surface area contributed by atoms with Gasteiger partial charge in [-0.1, -0.05) is 19.3 Å². The van der Waals surface area contributed by atoms with E-state index in [4.69, 9.17) is 5.73 Å². The molecule has 0 aliphatic heterocycles. The van der Waals surface area contributed by atoms with Gasteiger partial charge < -0.3 is 5.73 Å². The maximum Gasteiger partial charge on any atom is 0.156 e. The first-order chi connectivity index (χ1) is 6.36. The largest absolute Gasteiger partial charge is 0.382 e. The standard InChI is InChI=1S/C9H14N4/c10-8-6-11-13-9(12-8)7-4-2-1-3-5-7/h6-7H,1-5H2,(H2,10,12,13). The SMILES string of the molecule is Nc1cnnc(C2CCCCC2)n1. The number of nitrogens with two attached hydrogens (primary N) is 1. The van der Waals surface area contributed by atoms with Crippen molar-refractivity contribution >= 4 is 5.82 Å². The lowest BCUT2D eigenvalue weighted by Crippen LogP contribution is -2.10. The second-order valence-electron chi connectivity index (χ2n) is 3.57. The molecule has 1 heterocycles. The third-order valence-corrected chi connectivity index (χ3v) is 2.56. The first kappa shape index (κ1) is 8.41. The summed E-state index contributed by atoms with van der Waals surface area (Å²) in [6, 6.07) is 0. The van der Waals surface area contributed by atoms with Gasteiger partial charge in [-0.25, -0.2) is 4.98 Å². The average molecular weight is 178 g/mol. The number of hydrogen-bond acceptors (Lipinski definition) is 4. The molecular weight excluding hydrogens is 164 g/mol. The molecule has 13 heavy (non-hydrogen) atoms. The van der Waals surface area contributed by atoms with Gasteiger partial charge in [0.1, 0.15) is 5.82 Å². The highest BCUT2D eigenvalue weighted by Crippen LogP contribution is 2.30. The summed E-state index contributed by atoms with van der Waals surface area (Å²) in [7, 11) is 0. The maximum atomic E-state index is 5.55. The van der Waals surface area contributed by atoms with Crippen molar-refractivity contribution in [3.8, 4) is 0 Å². The fraction of sp³-hybridized carbons (Fsp3) is 0.667. The van der Waals surface area contributed by atoms with Gasteiger partial charge in [0.15, 0.2) is 5.82 Å². The summed E-state index contributed by atoms with van der Waals surface area (Å²) in [6.45, 7) is 0. The van der Waals surface area contributed by atoms with Crippen LogP contribution in [0, 0.1) is 0 Å². The topological polar surface area (TPSA) is 64.7 Å². The van der Waals surface area contributed by atoms with E-state index in [9.17, 15) is 0 Å². The maximum absolute atomic E-state index is 5.55. The van der Waals surface area contributed by atoms with Crippen LogP contribution in [0.25, 0.3) is 0 Å². The molecule has 0 spiro atoms. The number of nitrogens with zero attached hydrogens (tertiary/aromatic N) is 3. The van der Waals surface area contributed by atoms with Crippen LogP contribution in [0.4, 0.5) is 5.82 Å². The molecule has 0 saturated heterocycles. The highest BCUT2D eigenvalue weighted by molar-refractivity contribution is 5.22. The third kappa shape index (κ3) is 1.94. The summed E-state index contributed by atoms with van der Waals surface area (Å²) in [4.78, 5) is 4.20. The van der Waals surface area contributed by atoms with E-state index < -0.39 is 0 Å². The van der Waals surface area contributed by atoms with Gasteiger partial charge in [-0.15, -0.1) is 5.10 Å². The molecule has 0 amide bonds. The zero-order valence-corrected chi connectivity index (χ0v) is 7.61. The summed E-state index contributed by atoms with van der Waals surface area (Å²) < 4.78 is 0. The van der Waals surface area contributed by atoms with Crippen molar-refractivity contribution in [1.82, 2.24) is 15.2 Å². The van der Waals surface area contributed by atoms with Gasteiger partial charge in [0.2, 0.25) is 0 Å². The van der Waals surface area contributed by atoms with Crippen molar-refractivity contribution in [3.63, 3.8) is 0 Å². The smallest absolute Gasteiger partial charge is 0.156 e. The fourth-order valence-corrected chi connectivity index (χ4v) is 1.86. The van der Waals surface area contributed by atoms with E-state index in [-0.39, 0.29) is 0 Å². The molecule has 0 radical (unpaired) electrons. The average Bonchev–Trinajstić information content (AvgIpc) is 2.19. The monoisotopic (exact) mass is 178 g/mol. The van der Waals surface area contributed by atoms with Crippen molar-refractivity contribution in [2.24, 2.45) is 0 Å². The minimum Gasteiger partial charge on any atom is -0.382 e. The lowest BCUT2D eigenvalue weighted by Gasteiger charge is -2.19. The normalized spacial score (nSPS) is 18.8. The number of aromatic nitrogens is 3. The summed E-state index contributed by atoms with van der Waals surface area (Å²) >= 11 is 0. The summed E-state index contributed by atoms with van der Waals surface area (Å²) in [6.07, 6.45) is 7.76. The molecule has 0 aromatic carbocycles. The molecule has 70 valence electrons. The molecule has 4 heteroatoms. The molecule has 1 saturated carbocycles. The van der Waals surface area contributed by atoms with Crippen LogP contribution in [0.15, 0.2) is 6.20 Å². The quantitative estimate of drug-likeness (QED) is 0.707. The molecule has 1 aliphatic rings. The van der Waals surface area contributed by atoms with Crippen LogP contribution >= 0.6 is 0 Å². The first-order valence-corrected chi connectivity index (χ1v) is 4.81. The molecule has 2 rings (SSSR count). The van der Waals surface area contributed by atoms with Gasteiger partial charge in [0.25, 0.3) is 0 Å². The molecule has 4 nitrogen and oxygen atoms in total. The summed E-state index contributed by atoms with van der Waals surface area (Å²) in [5.74, 6) is 1.81. The Labute approximate surface area is 77.6 Å². The Kier molecular flexibility index (Phi) is 2.38. The van der Waals surface area contributed by atoms with Gasteiger partial charge in [-0.3, -0.25) is 0 Å². The second kappa shape index (κ2) is 3.68. The van der Waals surface area contributed by atoms with Crippen molar-refractivity contribution < 1.29 is 0 Å². The van der Waals surface area contributed by atoms with Gasteiger partial charge in [0, 0.05) is 5.92 Å². The van der Waals surface area contributed by atoms with Gasteiger partial charge >= 0.3 is 0 Å². The lowest BCUT2D eigenvalue weighted by molar-refractivity contribution is 0.425. The molecule has 1 aliphatic carbocycles. The van der Waals surface area contributed by atoms with E-state index in [1.807, 2.05) is 0 Å².